The number of nitrogens with one attached hydrogen (secondary N) is 1. The van der Waals surface area contributed by atoms with Gasteiger partial charge in [0.2, 0.25) is 0 Å². The lowest BCUT2D eigenvalue weighted by atomic mass is 9.95. The zero-order valence-electron chi connectivity index (χ0n) is 17.2. The largest absolute Gasteiger partial charge is 0.495 e. The van der Waals surface area contributed by atoms with Gasteiger partial charge < -0.3 is 10.1 Å². The second kappa shape index (κ2) is 8.46. The van der Waals surface area contributed by atoms with E-state index in [0.717, 1.165) is 44.5 Å². The molecule has 4 rings (SSSR count). The number of aryl methyl sites for hydroxylation is 1. The minimum absolute atomic E-state index is 0.0602. The van der Waals surface area contributed by atoms with Crippen molar-refractivity contribution in [1.82, 2.24) is 10.2 Å². The van der Waals surface area contributed by atoms with Crippen molar-refractivity contribution >= 4 is 9.84 Å². The molecule has 1 N–H and O–H groups in total. The van der Waals surface area contributed by atoms with Gasteiger partial charge in [-0.3, -0.25) is 4.90 Å². The number of fused-ring (bicyclic) bond motifs is 1. The number of ether oxygens (including phenoxy) is 1. The normalized spacial score (nSPS) is 21.4. The van der Waals surface area contributed by atoms with Crippen molar-refractivity contribution in [3.05, 3.63) is 59.2 Å². The lowest BCUT2D eigenvalue weighted by molar-refractivity contribution is 0.161. The van der Waals surface area contributed by atoms with Crippen LogP contribution < -0.4 is 10.1 Å². The van der Waals surface area contributed by atoms with E-state index < -0.39 is 15.2 Å². The van der Waals surface area contributed by atoms with Crippen molar-refractivity contribution in [2.24, 2.45) is 5.92 Å². The van der Waals surface area contributed by atoms with Gasteiger partial charge in [-0.15, -0.1) is 0 Å². The highest BCUT2D eigenvalue weighted by molar-refractivity contribution is 7.92. The SMILES string of the molecule is COc1cc(C)ccc1S(=O)(=O)C(C1CCCNC1)N1CCc2ccccc2C1. The van der Waals surface area contributed by atoms with E-state index in [1.54, 1.807) is 13.2 Å². The van der Waals surface area contributed by atoms with Gasteiger partial charge in [0.1, 0.15) is 16.0 Å². The molecule has 2 atom stereocenters. The van der Waals surface area contributed by atoms with Crippen LogP contribution in [0, 0.1) is 12.8 Å². The summed E-state index contributed by atoms with van der Waals surface area (Å²) in [7, 11) is -2.06. The van der Waals surface area contributed by atoms with E-state index in [-0.39, 0.29) is 5.92 Å². The molecule has 1 saturated heterocycles. The van der Waals surface area contributed by atoms with Gasteiger partial charge in [-0.2, -0.15) is 0 Å². The maximum Gasteiger partial charge on any atom is 0.198 e. The first-order valence-corrected chi connectivity index (χ1v) is 12.0. The summed E-state index contributed by atoms with van der Waals surface area (Å²) in [5.41, 5.74) is 3.55. The van der Waals surface area contributed by atoms with E-state index in [2.05, 4.69) is 28.4 Å². The molecule has 156 valence electrons. The molecule has 6 heteroatoms. The van der Waals surface area contributed by atoms with Crippen LogP contribution in [0.2, 0.25) is 0 Å². The lowest BCUT2D eigenvalue weighted by Crippen LogP contribution is -2.52. The molecule has 0 aromatic heterocycles. The second-order valence-corrected chi connectivity index (χ2v) is 10.2. The van der Waals surface area contributed by atoms with Crippen molar-refractivity contribution in [3.8, 4) is 5.75 Å². The molecule has 2 heterocycles. The van der Waals surface area contributed by atoms with Crippen molar-refractivity contribution in [1.29, 1.82) is 0 Å². The van der Waals surface area contributed by atoms with Gasteiger partial charge in [0.15, 0.2) is 9.84 Å². The van der Waals surface area contributed by atoms with Crippen LogP contribution >= 0.6 is 0 Å². The first-order valence-electron chi connectivity index (χ1n) is 10.4. The fourth-order valence-electron chi connectivity index (χ4n) is 4.74. The van der Waals surface area contributed by atoms with E-state index in [1.807, 2.05) is 25.1 Å². The third kappa shape index (κ3) is 4.06. The van der Waals surface area contributed by atoms with Gasteiger partial charge >= 0.3 is 0 Å². The Morgan fingerprint density at radius 2 is 1.97 bits per heavy atom. The van der Waals surface area contributed by atoms with Crippen LogP contribution in [0.1, 0.15) is 29.5 Å². The molecule has 0 amide bonds. The Morgan fingerprint density at radius 3 is 2.69 bits per heavy atom. The molecule has 2 aliphatic heterocycles. The molecular formula is C23H30N2O3S. The van der Waals surface area contributed by atoms with Gasteiger partial charge in [-0.1, -0.05) is 30.3 Å². The van der Waals surface area contributed by atoms with Crippen LogP contribution in [0.3, 0.4) is 0 Å². The van der Waals surface area contributed by atoms with E-state index >= 15 is 0 Å². The van der Waals surface area contributed by atoms with Crippen LogP contribution in [-0.2, 0) is 22.8 Å². The molecule has 2 aromatic rings. The molecule has 2 aliphatic rings. The first kappa shape index (κ1) is 20.4. The fourth-order valence-corrected chi connectivity index (χ4v) is 7.00. The van der Waals surface area contributed by atoms with Gasteiger partial charge in [-0.05, 0) is 61.6 Å². The number of nitrogens with zero attached hydrogens (tertiary/aromatic N) is 1. The number of piperidine rings is 1. The standard InChI is InChI=1S/C23H30N2O3S/c1-17-9-10-22(21(14-17)28-2)29(26,27)23(19-8-5-12-24-15-19)25-13-11-18-6-3-4-7-20(18)16-25/h3-4,6-7,9-10,14,19,23-24H,5,8,11-13,15-16H2,1-2H3. The maximum atomic E-state index is 14.0. The molecule has 0 radical (unpaired) electrons. The minimum Gasteiger partial charge on any atom is -0.495 e. The summed E-state index contributed by atoms with van der Waals surface area (Å²) >= 11 is 0. The number of methoxy groups -OCH3 is 1. The molecule has 0 spiro atoms. The number of hydrogen-bond acceptors (Lipinski definition) is 5. The molecule has 29 heavy (non-hydrogen) atoms. The van der Waals surface area contributed by atoms with Crippen LogP contribution in [0.15, 0.2) is 47.4 Å². The first-order chi connectivity index (χ1) is 14.0. The second-order valence-electron chi connectivity index (χ2n) is 8.19. The van der Waals surface area contributed by atoms with Crippen LogP contribution in [0.4, 0.5) is 0 Å². The summed E-state index contributed by atoms with van der Waals surface area (Å²) in [4.78, 5) is 2.48. The smallest absolute Gasteiger partial charge is 0.198 e. The highest BCUT2D eigenvalue weighted by Crippen LogP contribution is 2.36. The van der Waals surface area contributed by atoms with Crippen molar-refractivity contribution in [3.63, 3.8) is 0 Å². The number of benzene rings is 2. The van der Waals surface area contributed by atoms with Crippen LogP contribution in [0.5, 0.6) is 5.75 Å². The van der Waals surface area contributed by atoms with Crippen LogP contribution in [0.25, 0.3) is 0 Å². The summed E-state index contributed by atoms with van der Waals surface area (Å²) in [6, 6.07) is 13.8. The Hall–Kier alpha value is -1.89. The van der Waals surface area contributed by atoms with Crippen molar-refractivity contribution in [2.45, 2.75) is 43.0 Å². The molecular weight excluding hydrogens is 384 g/mol. The predicted octanol–water partition coefficient (Wildman–Crippen LogP) is 3.16. The molecule has 1 fully saturated rings. The monoisotopic (exact) mass is 414 g/mol. The van der Waals surface area contributed by atoms with E-state index in [0.29, 0.717) is 17.2 Å². The molecule has 0 aliphatic carbocycles. The Balaban J connectivity index is 1.75. The summed E-state index contributed by atoms with van der Waals surface area (Å²) in [6.07, 6.45) is 2.81. The van der Waals surface area contributed by atoms with E-state index in [4.69, 9.17) is 4.74 Å². The molecule has 2 aromatic carbocycles. The molecule has 0 saturated carbocycles. The Kier molecular flexibility index (Phi) is 5.95. The van der Waals surface area contributed by atoms with Gasteiger partial charge in [0.25, 0.3) is 0 Å². The average molecular weight is 415 g/mol. The van der Waals surface area contributed by atoms with Gasteiger partial charge in [0, 0.05) is 25.6 Å². The predicted molar refractivity (Wildman–Crippen MR) is 115 cm³/mol. The third-order valence-corrected chi connectivity index (χ3v) is 8.47. The van der Waals surface area contributed by atoms with Crippen LogP contribution in [-0.4, -0.2) is 45.4 Å². The maximum absolute atomic E-state index is 14.0. The molecule has 0 bridgehead atoms. The Morgan fingerprint density at radius 1 is 1.17 bits per heavy atom. The highest BCUT2D eigenvalue weighted by Gasteiger charge is 2.42. The number of sulfone groups is 1. The molecule has 2 unspecified atom stereocenters. The lowest BCUT2D eigenvalue weighted by Gasteiger charge is -2.40. The quantitative estimate of drug-likeness (QED) is 0.814. The fraction of sp³-hybridized carbons (Fsp3) is 0.478. The molecule has 5 nitrogen and oxygen atoms in total. The summed E-state index contributed by atoms with van der Waals surface area (Å²) in [5, 5.41) is 2.86. The van der Waals surface area contributed by atoms with Crippen molar-refractivity contribution in [2.75, 3.05) is 26.7 Å². The summed E-state index contributed by atoms with van der Waals surface area (Å²) < 4.78 is 33.4. The highest BCUT2D eigenvalue weighted by atomic mass is 32.2. The topological polar surface area (TPSA) is 58.6 Å². The third-order valence-electron chi connectivity index (χ3n) is 6.20. The Bertz CT molecular complexity index is 968. The minimum atomic E-state index is -3.60. The summed E-state index contributed by atoms with van der Waals surface area (Å²) in [6.45, 7) is 5.07. The number of rotatable bonds is 5. The van der Waals surface area contributed by atoms with E-state index in [9.17, 15) is 8.42 Å². The average Bonchev–Trinajstić information content (AvgIpc) is 2.74. The Labute approximate surface area is 174 Å². The number of hydrogen-bond donors (Lipinski definition) is 1. The van der Waals surface area contributed by atoms with E-state index in [1.165, 1.54) is 11.1 Å². The van der Waals surface area contributed by atoms with Gasteiger partial charge in [-0.25, -0.2) is 8.42 Å². The van der Waals surface area contributed by atoms with Crippen molar-refractivity contribution < 1.29 is 13.2 Å². The van der Waals surface area contributed by atoms with Gasteiger partial charge in [0.05, 0.1) is 7.11 Å². The zero-order chi connectivity index (χ0) is 20.4. The summed E-state index contributed by atoms with van der Waals surface area (Å²) in [5.74, 6) is 0.501. The zero-order valence-corrected chi connectivity index (χ0v) is 18.0.